The van der Waals surface area contributed by atoms with Crippen molar-refractivity contribution < 1.29 is 23.4 Å². The number of alkyl halides is 2. The molecule has 0 amide bonds. The van der Waals surface area contributed by atoms with Crippen LogP contribution in [0.25, 0.3) is 11.1 Å². The van der Waals surface area contributed by atoms with Gasteiger partial charge in [0.1, 0.15) is 29.1 Å². The van der Waals surface area contributed by atoms with E-state index < -0.39 is 18.1 Å². The van der Waals surface area contributed by atoms with Crippen LogP contribution in [0.4, 0.5) is 8.78 Å². The molecule has 3 N–H and O–H groups in total. The van der Waals surface area contributed by atoms with Gasteiger partial charge in [0.2, 0.25) is 0 Å². The Morgan fingerprint density at radius 3 is 2.46 bits per heavy atom. The number of nitrogens with two attached hydrogens (primary N) is 1. The highest BCUT2D eigenvalue weighted by Gasteiger charge is 2.44. The number of hydrogen-bond donors (Lipinski definition) is 2. The van der Waals surface area contributed by atoms with Crippen LogP contribution in [0.2, 0.25) is 0 Å². The fraction of sp³-hybridized carbons (Fsp3) is 0.207. The number of halogens is 2. The predicted molar refractivity (Wildman–Crippen MR) is 141 cm³/mol. The molecule has 0 spiro atoms. The van der Waals surface area contributed by atoms with Crippen molar-refractivity contribution in [3.05, 3.63) is 107 Å². The number of rotatable bonds is 6. The minimum atomic E-state index is -2.89. The van der Waals surface area contributed by atoms with Gasteiger partial charge in [0.15, 0.2) is 0 Å². The zero-order valence-corrected chi connectivity index (χ0v) is 21.0. The molecule has 0 saturated heterocycles. The van der Waals surface area contributed by atoms with Crippen molar-refractivity contribution in [3.63, 3.8) is 0 Å². The summed E-state index contributed by atoms with van der Waals surface area (Å²) in [7, 11) is 0. The Morgan fingerprint density at radius 1 is 1.05 bits per heavy atom. The third kappa shape index (κ3) is 5.18. The lowest BCUT2D eigenvalue weighted by Crippen LogP contribution is -2.26. The lowest BCUT2D eigenvalue weighted by atomic mass is 9.77. The first-order valence-corrected chi connectivity index (χ1v) is 12.3. The SMILES string of the molecule is CC(=O)O.NC1=NC(c2cccc(-c3cncnc3)c2)(c2ccc(OC(F)F)c(C3CC3)c2)c2cccnc21. The molecule has 2 aromatic heterocycles. The van der Waals surface area contributed by atoms with Crippen LogP contribution in [-0.2, 0) is 10.3 Å². The van der Waals surface area contributed by atoms with Crippen molar-refractivity contribution in [1.29, 1.82) is 0 Å². The first-order chi connectivity index (χ1) is 18.8. The normalized spacial score (nSPS) is 17.6. The van der Waals surface area contributed by atoms with Gasteiger partial charge in [0, 0.05) is 36.6 Å². The molecule has 1 saturated carbocycles. The van der Waals surface area contributed by atoms with Crippen LogP contribution >= 0.6 is 0 Å². The van der Waals surface area contributed by atoms with E-state index in [9.17, 15) is 8.78 Å². The third-order valence-electron chi connectivity index (χ3n) is 6.56. The Hall–Kier alpha value is -4.73. The molecule has 198 valence electrons. The Labute approximate surface area is 223 Å². The van der Waals surface area contributed by atoms with Crippen LogP contribution in [0.1, 0.15) is 53.6 Å². The van der Waals surface area contributed by atoms with E-state index in [1.54, 1.807) is 30.7 Å². The van der Waals surface area contributed by atoms with Crippen molar-refractivity contribution in [2.24, 2.45) is 10.7 Å². The maximum atomic E-state index is 13.1. The average Bonchev–Trinajstić information content (AvgIpc) is 3.73. The van der Waals surface area contributed by atoms with Gasteiger partial charge in [-0.25, -0.2) is 15.0 Å². The van der Waals surface area contributed by atoms with Gasteiger partial charge < -0.3 is 15.6 Å². The molecular weight excluding hydrogens is 504 g/mol. The van der Waals surface area contributed by atoms with E-state index in [4.69, 9.17) is 25.4 Å². The van der Waals surface area contributed by atoms with E-state index in [0.29, 0.717) is 11.5 Å². The number of nitrogens with zero attached hydrogens (tertiary/aromatic N) is 4. The van der Waals surface area contributed by atoms with Gasteiger partial charge in [-0.1, -0.05) is 30.3 Å². The molecular formula is C29H25F2N5O3. The van der Waals surface area contributed by atoms with Crippen LogP contribution in [-0.4, -0.2) is 38.5 Å². The minimum Gasteiger partial charge on any atom is -0.481 e. The van der Waals surface area contributed by atoms with E-state index in [-0.39, 0.29) is 11.7 Å². The van der Waals surface area contributed by atoms with Crippen LogP contribution in [0.3, 0.4) is 0 Å². The topological polar surface area (TPSA) is 124 Å². The fourth-order valence-corrected chi connectivity index (χ4v) is 4.86. The molecule has 1 fully saturated rings. The number of fused-ring (bicyclic) bond motifs is 1. The van der Waals surface area contributed by atoms with Gasteiger partial charge >= 0.3 is 6.61 Å². The average molecular weight is 530 g/mol. The summed E-state index contributed by atoms with van der Waals surface area (Å²) in [6.07, 6.45) is 8.54. The summed E-state index contributed by atoms with van der Waals surface area (Å²) in [6, 6.07) is 17.1. The molecule has 1 atom stereocenters. The zero-order valence-electron chi connectivity index (χ0n) is 21.0. The Morgan fingerprint density at radius 2 is 1.77 bits per heavy atom. The van der Waals surface area contributed by atoms with Crippen LogP contribution in [0.15, 0.2) is 84.5 Å². The number of hydrogen-bond acceptors (Lipinski definition) is 7. The molecule has 10 heteroatoms. The molecule has 6 rings (SSSR count). The number of carboxylic acids is 1. The number of aliphatic imine (C=N–C) groups is 1. The van der Waals surface area contributed by atoms with E-state index >= 15 is 0 Å². The summed E-state index contributed by atoms with van der Waals surface area (Å²) in [5.41, 5.74) is 11.1. The Kier molecular flexibility index (Phi) is 7.02. The summed E-state index contributed by atoms with van der Waals surface area (Å²) in [4.78, 5) is 26.8. The van der Waals surface area contributed by atoms with E-state index in [1.807, 2.05) is 42.5 Å². The lowest BCUT2D eigenvalue weighted by molar-refractivity contribution is -0.134. The predicted octanol–water partition coefficient (Wildman–Crippen LogP) is 5.12. The largest absolute Gasteiger partial charge is 0.481 e. The highest BCUT2D eigenvalue weighted by Crippen LogP contribution is 2.50. The molecule has 2 aliphatic rings. The summed E-state index contributed by atoms with van der Waals surface area (Å²) >= 11 is 0. The standard InChI is InChI=1S/C27H21F2N5O.C2H4O2/c28-26(29)35-23-9-8-20(12-21(23)16-6-7-16)27(22-5-2-10-33-24(22)25(30)34-27)19-4-1-3-17(11-19)18-13-31-15-32-14-18;1-2(3)4/h1-5,8-16,26H,6-7H2,(H2,30,34);1H3,(H,3,4). The number of benzene rings is 2. The molecule has 2 aromatic carbocycles. The molecule has 8 nitrogen and oxygen atoms in total. The molecule has 0 radical (unpaired) electrons. The first-order valence-electron chi connectivity index (χ1n) is 12.3. The van der Waals surface area contributed by atoms with Crippen molar-refractivity contribution in [3.8, 4) is 16.9 Å². The van der Waals surface area contributed by atoms with Crippen molar-refractivity contribution in [2.45, 2.75) is 37.8 Å². The van der Waals surface area contributed by atoms with Crippen molar-refractivity contribution in [2.75, 3.05) is 0 Å². The molecule has 1 aliphatic heterocycles. The molecule has 39 heavy (non-hydrogen) atoms. The lowest BCUT2D eigenvalue weighted by Gasteiger charge is -2.30. The number of aliphatic carboxylic acids is 1. The van der Waals surface area contributed by atoms with Crippen molar-refractivity contribution in [1.82, 2.24) is 15.0 Å². The first kappa shape index (κ1) is 25.9. The number of ether oxygens (including phenoxy) is 1. The second-order valence-electron chi connectivity index (χ2n) is 9.24. The number of carbonyl (C=O) groups is 1. The monoisotopic (exact) mass is 529 g/mol. The zero-order chi connectivity index (χ0) is 27.6. The molecule has 1 aliphatic carbocycles. The maximum Gasteiger partial charge on any atom is 0.387 e. The molecule has 4 aromatic rings. The smallest absolute Gasteiger partial charge is 0.387 e. The van der Waals surface area contributed by atoms with Gasteiger partial charge in [-0.3, -0.25) is 9.78 Å². The highest BCUT2D eigenvalue weighted by atomic mass is 19.3. The second kappa shape index (κ2) is 10.6. The van der Waals surface area contributed by atoms with Gasteiger partial charge in [0.25, 0.3) is 5.97 Å². The third-order valence-corrected chi connectivity index (χ3v) is 6.56. The van der Waals surface area contributed by atoms with Gasteiger partial charge in [-0.2, -0.15) is 8.78 Å². The number of aromatic nitrogens is 3. The highest BCUT2D eigenvalue weighted by molar-refractivity contribution is 6.01. The van der Waals surface area contributed by atoms with Crippen LogP contribution in [0, 0.1) is 0 Å². The van der Waals surface area contributed by atoms with E-state index in [0.717, 1.165) is 53.1 Å². The number of carboxylic acid groups (broad SMARTS) is 1. The van der Waals surface area contributed by atoms with E-state index in [2.05, 4.69) is 15.0 Å². The minimum absolute atomic E-state index is 0.185. The van der Waals surface area contributed by atoms with E-state index in [1.165, 1.54) is 6.33 Å². The summed E-state index contributed by atoms with van der Waals surface area (Å²) in [5, 5.41) is 7.42. The van der Waals surface area contributed by atoms with Gasteiger partial charge in [-0.05, 0) is 65.3 Å². The van der Waals surface area contributed by atoms with Gasteiger partial charge in [0.05, 0.1) is 0 Å². The summed E-state index contributed by atoms with van der Waals surface area (Å²) in [6.45, 7) is -1.80. The Balaban J connectivity index is 0.000000723. The van der Waals surface area contributed by atoms with Crippen LogP contribution in [0.5, 0.6) is 5.75 Å². The quantitative estimate of drug-likeness (QED) is 0.355. The second-order valence-corrected chi connectivity index (χ2v) is 9.24. The molecule has 3 heterocycles. The number of amidine groups is 1. The summed E-state index contributed by atoms with van der Waals surface area (Å²) < 4.78 is 31.1. The maximum absolute atomic E-state index is 13.1. The molecule has 0 bridgehead atoms. The van der Waals surface area contributed by atoms with Gasteiger partial charge in [-0.15, -0.1) is 0 Å². The molecule has 1 unspecified atom stereocenters. The summed E-state index contributed by atoms with van der Waals surface area (Å²) in [5.74, 6) is -0.113. The Bertz CT molecular complexity index is 1540. The number of pyridine rings is 1. The van der Waals surface area contributed by atoms with Crippen LogP contribution < -0.4 is 10.5 Å². The van der Waals surface area contributed by atoms with Crippen molar-refractivity contribution >= 4 is 11.8 Å². The fourth-order valence-electron chi connectivity index (χ4n) is 4.86.